The van der Waals surface area contributed by atoms with Crippen LogP contribution < -0.4 is 0 Å². The highest BCUT2D eigenvalue weighted by molar-refractivity contribution is 5.82. The van der Waals surface area contributed by atoms with Crippen LogP contribution in [0.5, 0.6) is 0 Å². The largest absolute Gasteiger partial charge is 0.465 e. The van der Waals surface area contributed by atoms with Crippen molar-refractivity contribution < 1.29 is 33.4 Å². The Bertz CT molecular complexity index is 1040. The first kappa shape index (κ1) is 59.8. The maximum absolute atomic E-state index is 13.2. The predicted molar refractivity (Wildman–Crippen MR) is 259 cm³/mol. The third-order valence-electron chi connectivity index (χ3n) is 12.5. The fourth-order valence-corrected chi connectivity index (χ4v) is 8.35. The van der Waals surface area contributed by atoms with E-state index in [9.17, 15) is 19.2 Å². The third kappa shape index (κ3) is 38.3. The van der Waals surface area contributed by atoms with Crippen LogP contribution in [0, 0.1) is 11.8 Å². The van der Waals surface area contributed by atoms with Crippen LogP contribution in [0.15, 0.2) is 0 Å². The molecule has 0 spiro atoms. The van der Waals surface area contributed by atoms with E-state index in [4.69, 9.17) is 14.2 Å². The van der Waals surface area contributed by atoms with Gasteiger partial charge in [-0.25, -0.2) is 0 Å². The van der Waals surface area contributed by atoms with Crippen LogP contribution in [0.4, 0.5) is 0 Å². The number of likely N-dealkylation sites (N-methyl/N-ethyl adjacent to an activating group) is 1. The first-order valence-electron chi connectivity index (χ1n) is 26.5. The zero-order valence-electron chi connectivity index (χ0n) is 42.1. The second kappa shape index (κ2) is 44.1. The van der Waals surface area contributed by atoms with Gasteiger partial charge in [-0.05, 0) is 110 Å². The molecule has 0 fully saturated rings. The minimum absolute atomic E-state index is 0.0115. The van der Waals surface area contributed by atoms with Gasteiger partial charge in [0.15, 0.2) is 0 Å². The second-order valence-electron chi connectivity index (χ2n) is 18.9. The first-order valence-corrected chi connectivity index (χ1v) is 26.5. The Labute approximate surface area is 383 Å². The van der Waals surface area contributed by atoms with Gasteiger partial charge < -0.3 is 24.0 Å². The molecular weight excluding hydrogens is 777 g/mol. The van der Waals surface area contributed by atoms with Crippen molar-refractivity contribution in [3.05, 3.63) is 0 Å². The molecule has 0 aliphatic rings. The molecule has 0 aromatic carbocycles. The molecule has 0 bridgehead atoms. The van der Waals surface area contributed by atoms with Crippen LogP contribution >= 0.6 is 0 Å². The van der Waals surface area contributed by atoms with Gasteiger partial charge in [-0.2, -0.15) is 0 Å². The number of carbonyl (C=O) groups is 4. The zero-order valence-corrected chi connectivity index (χ0v) is 42.1. The van der Waals surface area contributed by atoms with E-state index in [1.54, 1.807) is 11.9 Å². The summed E-state index contributed by atoms with van der Waals surface area (Å²) in [4.78, 5) is 55.3. The van der Waals surface area contributed by atoms with Gasteiger partial charge in [-0.3, -0.25) is 19.2 Å². The fraction of sp³-hybridized carbons (Fsp3) is 0.925. The van der Waals surface area contributed by atoms with Crippen molar-refractivity contribution in [3.63, 3.8) is 0 Å². The van der Waals surface area contributed by atoms with Crippen molar-refractivity contribution >= 4 is 23.8 Å². The molecule has 0 heterocycles. The summed E-state index contributed by atoms with van der Waals surface area (Å²) in [6.07, 6.45) is 36.8. The lowest BCUT2D eigenvalue weighted by Gasteiger charge is -2.21. The highest BCUT2D eigenvalue weighted by atomic mass is 16.5. The third-order valence-corrected chi connectivity index (χ3v) is 12.5. The number of unbranched alkanes of at least 4 members (excludes halogenated alkanes) is 20. The molecule has 62 heavy (non-hydrogen) atoms. The zero-order chi connectivity index (χ0) is 45.9. The van der Waals surface area contributed by atoms with Gasteiger partial charge in [-0.15, -0.1) is 0 Å². The number of ether oxygens (including phenoxy) is 3. The van der Waals surface area contributed by atoms with E-state index in [1.807, 2.05) is 14.1 Å². The van der Waals surface area contributed by atoms with Crippen molar-refractivity contribution in [2.45, 2.75) is 259 Å². The molecule has 366 valence electrons. The summed E-state index contributed by atoms with van der Waals surface area (Å²) in [5.74, 6) is -0.0570. The summed E-state index contributed by atoms with van der Waals surface area (Å²) < 4.78 is 17.3. The van der Waals surface area contributed by atoms with Gasteiger partial charge >= 0.3 is 17.9 Å². The molecule has 0 radical (unpaired) electrons. The summed E-state index contributed by atoms with van der Waals surface area (Å²) >= 11 is 0. The Morgan fingerprint density at radius 2 is 0.871 bits per heavy atom. The maximum Gasteiger partial charge on any atom is 0.325 e. The smallest absolute Gasteiger partial charge is 0.325 e. The summed E-state index contributed by atoms with van der Waals surface area (Å²) in [5.41, 5.74) is 0. The Morgan fingerprint density at radius 3 is 1.37 bits per heavy atom. The van der Waals surface area contributed by atoms with Gasteiger partial charge in [-0.1, -0.05) is 156 Å². The summed E-state index contributed by atoms with van der Waals surface area (Å²) in [6.45, 7) is 10.5. The average molecular weight is 879 g/mol. The van der Waals surface area contributed by atoms with Crippen molar-refractivity contribution in [1.82, 2.24) is 9.80 Å². The molecule has 2 unspecified atom stereocenters. The molecule has 0 aliphatic heterocycles. The number of nitrogens with zero attached hydrogens (tertiary/aromatic N) is 2. The lowest BCUT2D eigenvalue weighted by molar-refractivity contribution is -0.151. The van der Waals surface area contributed by atoms with E-state index in [-0.39, 0.29) is 42.4 Å². The number of hydrogen-bond donors (Lipinski definition) is 0. The standard InChI is InChI=1S/C53H102N2O7/c1-8-12-16-20-23-29-38-48(37-28-19-15-11-4)53(59)61-44-33-25-31-40-49(62-51(57)41-34-42-54(5)6)39-30-24-32-43-60-52(58)46-55(7)50(56)45-47(35-26-21-17-13-9-2)36-27-22-18-14-10-3/h47-49H,8-46H2,1-7H3. The number of carbonyl (C=O) groups excluding carboxylic acids is 4. The number of rotatable bonds is 46. The van der Waals surface area contributed by atoms with Crippen molar-refractivity contribution in [1.29, 1.82) is 0 Å². The fourth-order valence-electron chi connectivity index (χ4n) is 8.35. The van der Waals surface area contributed by atoms with Gasteiger partial charge in [0.25, 0.3) is 0 Å². The molecular formula is C53H102N2O7. The van der Waals surface area contributed by atoms with E-state index < -0.39 is 0 Å². The molecule has 0 rings (SSSR count). The molecule has 9 nitrogen and oxygen atoms in total. The molecule has 2 atom stereocenters. The van der Waals surface area contributed by atoms with Crippen LogP contribution in [0.25, 0.3) is 0 Å². The van der Waals surface area contributed by atoms with Crippen LogP contribution in [0.3, 0.4) is 0 Å². The van der Waals surface area contributed by atoms with E-state index in [1.165, 1.54) is 116 Å². The molecule has 0 aromatic rings. The van der Waals surface area contributed by atoms with Gasteiger partial charge in [0.2, 0.25) is 5.91 Å². The van der Waals surface area contributed by atoms with Crippen molar-refractivity contribution in [3.8, 4) is 0 Å². The second-order valence-corrected chi connectivity index (χ2v) is 18.9. The molecule has 9 heteroatoms. The number of amides is 1. The Balaban J connectivity index is 4.77. The Hall–Kier alpha value is -2.16. The van der Waals surface area contributed by atoms with Gasteiger partial charge in [0, 0.05) is 19.9 Å². The maximum atomic E-state index is 13.2. The predicted octanol–water partition coefficient (Wildman–Crippen LogP) is 14.0. The first-order chi connectivity index (χ1) is 30.1. The topological polar surface area (TPSA) is 102 Å². The van der Waals surface area contributed by atoms with Crippen LogP contribution in [0.2, 0.25) is 0 Å². The minimum atomic E-state index is -0.355. The van der Waals surface area contributed by atoms with Crippen LogP contribution in [-0.2, 0) is 33.4 Å². The SMILES string of the molecule is CCCCCCCCC(CCCCCC)C(=O)OCCCCCC(CCCCCOC(=O)CN(C)C(=O)CC(CCCCCCC)CCCCCCC)OC(=O)CCCN(C)C. The van der Waals surface area contributed by atoms with E-state index >= 15 is 0 Å². The highest BCUT2D eigenvalue weighted by Crippen LogP contribution is 2.24. The van der Waals surface area contributed by atoms with E-state index in [0.717, 1.165) is 103 Å². The van der Waals surface area contributed by atoms with Gasteiger partial charge in [0.1, 0.15) is 12.6 Å². The monoisotopic (exact) mass is 879 g/mol. The summed E-state index contributed by atoms with van der Waals surface area (Å²) in [5, 5.41) is 0. The lowest BCUT2D eigenvalue weighted by Crippen LogP contribution is -2.34. The number of esters is 3. The van der Waals surface area contributed by atoms with E-state index in [0.29, 0.717) is 32.0 Å². The van der Waals surface area contributed by atoms with E-state index in [2.05, 4.69) is 32.6 Å². The van der Waals surface area contributed by atoms with Gasteiger partial charge in [0.05, 0.1) is 19.1 Å². The molecule has 1 amide bonds. The molecule has 0 aromatic heterocycles. The quantitative estimate of drug-likeness (QED) is 0.0338. The number of hydrogen-bond acceptors (Lipinski definition) is 8. The Kier molecular flexibility index (Phi) is 42.5. The highest BCUT2D eigenvalue weighted by Gasteiger charge is 2.21. The minimum Gasteiger partial charge on any atom is -0.465 e. The molecule has 0 saturated heterocycles. The van der Waals surface area contributed by atoms with Crippen molar-refractivity contribution in [2.75, 3.05) is 47.4 Å². The summed E-state index contributed by atoms with van der Waals surface area (Å²) in [6, 6.07) is 0. The normalized spacial score (nSPS) is 12.5. The molecule has 0 saturated carbocycles. The van der Waals surface area contributed by atoms with Crippen LogP contribution in [-0.4, -0.2) is 87.2 Å². The molecule has 0 N–H and O–H groups in total. The van der Waals surface area contributed by atoms with Crippen LogP contribution in [0.1, 0.15) is 252 Å². The average Bonchev–Trinajstić information content (AvgIpc) is 3.24. The Morgan fingerprint density at radius 1 is 0.452 bits per heavy atom. The van der Waals surface area contributed by atoms with Crippen molar-refractivity contribution in [2.24, 2.45) is 11.8 Å². The summed E-state index contributed by atoms with van der Waals surface area (Å²) in [7, 11) is 5.74. The molecule has 0 aliphatic carbocycles. The lowest BCUT2D eigenvalue weighted by atomic mass is 9.91.